The predicted molar refractivity (Wildman–Crippen MR) is 82.0 cm³/mol. The Morgan fingerprint density at radius 3 is 2.37 bits per heavy atom. The topological polar surface area (TPSA) is 33.3 Å². The summed E-state index contributed by atoms with van der Waals surface area (Å²) in [5.41, 5.74) is 2.74. The van der Waals surface area contributed by atoms with E-state index in [1.54, 1.807) is 7.11 Å². The lowest BCUT2D eigenvalue weighted by atomic mass is 9.85. The van der Waals surface area contributed by atoms with Gasteiger partial charge in [0.15, 0.2) is 0 Å². The first-order valence-corrected chi connectivity index (χ1v) is 6.94. The van der Waals surface area contributed by atoms with Gasteiger partial charge in [-0.15, -0.1) is 0 Å². The molecule has 2 N–H and O–H groups in total. The largest absolute Gasteiger partial charge is 0.496 e. The monoisotopic (exact) mass is 264 g/mol. The molecular weight excluding hydrogens is 236 g/mol. The van der Waals surface area contributed by atoms with Gasteiger partial charge < -0.3 is 15.4 Å². The first-order chi connectivity index (χ1) is 8.93. The van der Waals surface area contributed by atoms with Crippen LogP contribution in [0.3, 0.4) is 0 Å². The molecule has 0 aliphatic heterocycles. The summed E-state index contributed by atoms with van der Waals surface area (Å²) in [6, 6.07) is 6.83. The minimum Gasteiger partial charge on any atom is -0.496 e. The highest BCUT2D eigenvalue weighted by Gasteiger charge is 2.19. The summed E-state index contributed by atoms with van der Waals surface area (Å²) < 4.78 is 5.52. The van der Waals surface area contributed by atoms with Gasteiger partial charge in [0.1, 0.15) is 5.75 Å². The Hall–Kier alpha value is -1.06. The van der Waals surface area contributed by atoms with E-state index in [9.17, 15) is 0 Å². The fourth-order valence-corrected chi connectivity index (χ4v) is 2.22. The molecule has 108 valence electrons. The van der Waals surface area contributed by atoms with Crippen molar-refractivity contribution < 1.29 is 4.74 Å². The summed E-state index contributed by atoms with van der Waals surface area (Å²) in [5, 5.41) is 6.59. The second-order valence-corrected chi connectivity index (χ2v) is 5.94. The van der Waals surface area contributed by atoms with Crippen molar-refractivity contribution in [3.05, 3.63) is 29.3 Å². The Morgan fingerprint density at radius 2 is 1.89 bits per heavy atom. The molecule has 0 saturated heterocycles. The molecule has 0 spiro atoms. The molecule has 1 unspecified atom stereocenters. The number of hydrogen-bond donors (Lipinski definition) is 2. The van der Waals surface area contributed by atoms with Gasteiger partial charge in [0.2, 0.25) is 0 Å². The zero-order valence-electron chi connectivity index (χ0n) is 13.1. The van der Waals surface area contributed by atoms with Crippen molar-refractivity contribution in [2.45, 2.75) is 38.6 Å². The summed E-state index contributed by atoms with van der Waals surface area (Å²) in [6.07, 6.45) is 1.04. The fraction of sp³-hybridized carbons (Fsp3) is 0.625. The Kier molecular flexibility index (Phi) is 5.83. The van der Waals surface area contributed by atoms with Crippen molar-refractivity contribution in [2.24, 2.45) is 0 Å². The first-order valence-electron chi connectivity index (χ1n) is 6.94. The van der Waals surface area contributed by atoms with Gasteiger partial charge in [-0.2, -0.15) is 0 Å². The third-order valence-electron chi connectivity index (χ3n) is 3.50. The van der Waals surface area contributed by atoms with Crippen LogP contribution < -0.4 is 15.4 Å². The fourth-order valence-electron chi connectivity index (χ4n) is 2.22. The van der Waals surface area contributed by atoms with Crippen LogP contribution in [0.15, 0.2) is 18.2 Å². The maximum Gasteiger partial charge on any atom is 0.123 e. The lowest BCUT2D eigenvalue weighted by Crippen LogP contribution is -2.23. The third-order valence-corrected chi connectivity index (χ3v) is 3.50. The molecule has 0 aliphatic rings. The van der Waals surface area contributed by atoms with E-state index in [0.29, 0.717) is 6.04 Å². The molecule has 1 atom stereocenters. The first kappa shape index (κ1) is 16.0. The molecular formula is C16H28N2O. The maximum absolute atomic E-state index is 5.52. The summed E-state index contributed by atoms with van der Waals surface area (Å²) in [6.45, 7) is 7.69. The van der Waals surface area contributed by atoms with Crippen molar-refractivity contribution in [1.29, 1.82) is 0 Å². The van der Waals surface area contributed by atoms with E-state index in [-0.39, 0.29) is 5.41 Å². The van der Waals surface area contributed by atoms with Gasteiger partial charge in [-0.1, -0.05) is 26.8 Å². The molecule has 0 aromatic heterocycles. The minimum absolute atomic E-state index is 0.155. The second kappa shape index (κ2) is 6.92. The molecule has 0 amide bonds. The van der Waals surface area contributed by atoms with Crippen LogP contribution in [-0.2, 0) is 5.41 Å². The molecule has 3 heteroatoms. The van der Waals surface area contributed by atoms with Crippen LogP contribution in [0, 0.1) is 0 Å². The number of methoxy groups -OCH3 is 1. The lowest BCUT2D eigenvalue weighted by molar-refractivity contribution is 0.397. The highest BCUT2D eigenvalue weighted by Crippen LogP contribution is 2.32. The van der Waals surface area contributed by atoms with Crippen LogP contribution in [-0.4, -0.2) is 27.7 Å². The SMILES string of the molecule is CNCCC(NC)c1cc(C(C)(C)C)ccc1OC. The van der Waals surface area contributed by atoms with Crippen LogP contribution in [0.25, 0.3) is 0 Å². The van der Waals surface area contributed by atoms with Crippen LogP contribution >= 0.6 is 0 Å². The molecule has 0 saturated carbocycles. The normalized spacial score (nSPS) is 13.4. The molecule has 1 aromatic rings. The highest BCUT2D eigenvalue weighted by atomic mass is 16.5. The van der Waals surface area contributed by atoms with Gasteiger partial charge in [-0.05, 0) is 50.2 Å². The van der Waals surface area contributed by atoms with E-state index < -0.39 is 0 Å². The lowest BCUT2D eigenvalue weighted by Gasteiger charge is -2.24. The maximum atomic E-state index is 5.52. The number of benzene rings is 1. The van der Waals surface area contributed by atoms with E-state index in [0.717, 1.165) is 18.7 Å². The number of nitrogens with one attached hydrogen (secondary N) is 2. The molecule has 19 heavy (non-hydrogen) atoms. The molecule has 0 fully saturated rings. The molecule has 0 heterocycles. The Bertz CT molecular complexity index is 396. The van der Waals surface area contributed by atoms with Crippen LogP contribution in [0.1, 0.15) is 44.4 Å². The van der Waals surface area contributed by atoms with Crippen molar-refractivity contribution >= 4 is 0 Å². The molecule has 1 rings (SSSR count). The van der Waals surface area contributed by atoms with E-state index in [1.165, 1.54) is 11.1 Å². The number of ether oxygens (including phenoxy) is 1. The van der Waals surface area contributed by atoms with Gasteiger partial charge in [0, 0.05) is 11.6 Å². The van der Waals surface area contributed by atoms with Crippen molar-refractivity contribution in [3.63, 3.8) is 0 Å². The number of rotatable bonds is 6. The van der Waals surface area contributed by atoms with Gasteiger partial charge in [0.05, 0.1) is 7.11 Å². The molecule has 0 radical (unpaired) electrons. The summed E-state index contributed by atoms with van der Waals surface area (Å²) >= 11 is 0. The highest BCUT2D eigenvalue weighted by molar-refractivity contribution is 5.41. The molecule has 0 bridgehead atoms. The van der Waals surface area contributed by atoms with Gasteiger partial charge in [-0.3, -0.25) is 0 Å². The van der Waals surface area contributed by atoms with Crippen molar-refractivity contribution in [1.82, 2.24) is 10.6 Å². The number of hydrogen-bond acceptors (Lipinski definition) is 3. The standard InChI is InChI=1S/C16H28N2O/c1-16(2,3)12-7-8-15(19-6)13(11-12)14(18-5)9-10-17-4/h7-8,11,14,17-18H,9-10H2,1-6H3. The molecule has 1 aromatic carbocycles. The van der Waals surface area contributed by atoms with E-state index >= 15 is 0 Å². The van der Waals surface area contributed by atoms with Gasteiger partial charge in [-0.25, -0.2) is 0 Å². The van der Waals surface area contributed by atoms with E-state index in [1.807, 2.05) is 14.1 Å². The average Bonchev–Trinajstić information content (AvgIpc) is 2.38. The predicted octanol–water partition coefficient (Wildman–Crippen LogP) is 2.86. The van der Waals surface area contributed by atoms with E-state index in [2.05, 4.69) is 49.6 Å². The summed E-state index contributed by atoms with van der Waals surface area (Å²) in [4.78, 5) is 0. The van der Waals surface area contributed by atoms with Crippen LogP contribution in [0.5, 0.6) is 5.75 Å². The Morgan fingerprint density at radius 1 is 1.21 bits per heavy atom. The average molecular weight is 264 g/mol. The van der Waals surface area contributed by atoms with E-state index in [4.69, 9.17) is 4.74 Å². The van der Waals surface area contributed by atoms with Crippen LogP contribution in [0.2, 0.25) is 0 Å². The minimum atomic E-state index is 0.155. The Labute approximate surface area is 117 Å². The van der Waals surface area contributed by atoms with Gasteiger partial charge >= 0.3 is 0 Å². The zero-order chi connectivity index (χ0) is 14.5. The summed E-state index contributed by atoms with van der Waals surface area (Å²) in [5.74, 6) is 0.962. The zero-order valence-corrected chi connectivity index (χ0v) is 13.1. The van der Waals surface area contributed by atoms with Crippen molar-refractivity contribution in [2.75, 3.05) is 27.7 Å². The quantitative estimate of drug-likeness (QED) is 0.829. The molecule has 0 aliphatic carbocycles. The smallest absolute Gasteiger partial charge is 0.123 e. The van der Waals surface area contributed by atoms with Crippen molar-refractivity contribution in [3.8, 4) is 5.75 Å². The third kappa shape index (κ3) is 4.22. The van der Waals surface area contributed by atoms with Crippen LogP contribution in [0.4, 0.5) is 0 Å². The second-order valence-electron chi connectivity index (χ2n) is 5.94. The summed E-state index contributed by atoms with van der Waals surface area (Å²) in [7, 11) is 5.72. The Balaban J connectivity index is 3.13. The molecule has 3 nitrogen and oxygen atoms in total. The van der Waals surface area contributed by atoms with Gasteiger partial charge in [0.25, 0.3) is 0 Å².